The zero-order valence-corrected chi connectivity index (χ0v) is 14.0. The predicted molar refractivity (Wildman–Crippen MR) is 87.8 cm³/mol. The molecule has 0 amide bonds. The van der Waals surface area contributed by atoms with Crippen molar-refractivity contribution in [3.8, 4) is 0 Å². The van der Waals surface area contributed by atoms with Crippen molar-refractivity contribution in [2.75, 3.05) is 26.8 Å². The van der Waals surface area contributed by atoms with Gasteiger partial charge in [-0.3, -0.25) is 4.68 Å². The van der Waals surface area contributed by atoms with Crippen LogP contribution in [0, 0.1) is 5.41 Å². The summed E-state index contributed by atoms with van der Waals surface area (Å²) in [6.45, 7) is 3.12. The summed E-state index contributed by atoms with van der Waals surface area (Å²) < 4.78 is 7.37. The van der Waals surface area contributed by atoms with Crippen molar-refractivity contribution in [1.29, 1.82) is 0 Å². The third kappa shape index (κ3) is 3.53. The van der Waals surface area contributed by atoms with Gasteiger partial charge < -0.3 is 15.4 Å². The van der Waals surface area contributed by atoms with Crippen LogP contribution in [0.1, 0.15) is 50.3 Å². The van der Waals surface area contributed by atoms with E-state index in [1.165, 1.54) is 57.3 Å². The van der Waals surface area contributed by atoms with Crippen molar-refractivity contribution in [3.05, 3.63) is 18.0 Å². The number of aryl methyl sites for hydroxylation is 1. The molecule has 1 aliphatic heterocycles. The molecule has 0 aromatic carbocycles. The molecule has 5 heteroatoms. The normalized spacial score (nSPS) is 23.7. The highest BCUT2D eigenvalue weighted by Gasteiger charge is 2.36. The van der Waals surface area contributed by atoms with Crippen LogP contribution in [0.5, 0.6) is 0 Å². The van der Waals surface area contributed by atoms with Crippen LogP contribution in [0.25, 0.3) is 0 Å². The van der Waals surface area contributed by atoms with Crippen LogP contribution >= 0.6 is 0 Å². The molecule has 5 nitrogen and oxygen atoms in total. The van der Waals surface area contributed by atoms with E-state index in [1.54, 1.807) is 7.11 Å². The van der Waals surface area contributed by atoms with Crippen molar-refractivity contribution in [1.82, 2.24) is 20.4 Å². The van der Waals surface area contributed by atoms with E-state index < -0.39 is 0 Å². The minimum Gasteiger partial charge on any atom is -0.383 e. The Balaban J connectivity index is 1.57. The highest BCUT2D eigenvalue weighted by Crippen LogP contribution is 2.43. The second kappa shape index (κ2) is 7.11. The molecule has 0 bridgehead atoms. The number of nitrogens with zero attached hydrogens (tertiary/aromatic N) is 2. The summed E-state index contributed by atoms with van der Waals surface area (Å²) in [4.78, 5) is 0. The van der Waals surface area contributed by atoms with Crippen molar-refractivity contribution in [2.45, 2.75) is 50.6 Å². The second-order valence-corrected chi connectivity index (χ2v) is 7.08. The number of hydrogen-bond acceptors (Lipinski definition) is 4. The van der Waals surface area contributed by atoms with Gasteiger partial charge in [-0.05, 0) is 63.1 Å². The molecule has 3 rings (SSSR count). The smallest absolute Gasteiger partial charge is 0.0731 e. The molecule has 1 saturated heterocycles. The van der Waals surface area contributed by atoms with Crippen LogP contribution in [0.4, 0.5) is 0 Å². The van der Waals surface area contributed by atoms with Crippen LogP contribution in [0.15, 0.2) is 12.3 Å². The molecule has 22 heavy (non-hydrogen) atoms. The Bertz CT molecular complexity index is 457. The quantitative estimate of drug-likeness (QED) is 0.874. The lowest BCUT2D eigenvalue weighted by atomic mass is 9.67. The summed E-state index contributed by atoms with van der Waals surface area (Å²) in [6, 6.07) is 2.94. The van der Waals surface area contributed by atoms with Crippen LogP contribution in [0.3, 0.4) is 0 Å². The zero-order valence-electron chi connectivity index (χ0n) is 14.0. The van der Waals surface area contributed by atoms with Crippen molar-refractivity contribution < 1.29 is 4.74 Å². The van der Waals surface area contributed by atoms with E-state index in [2.05, 4.69) is 21.8 Å². The lowest BCUT2D eigenvalue weighted by molar-refractivity contribution is 0.100. The third-order valence-corrected chi connectivity index (χ3v) is 5.70. The summed E-state index contributed by atoms with van der Waals surface area (Å²) in [5.74, 6) is 0. The monoisotopic (exact) mass is 306 g/mol. The lowest BCUT2D eigenvalue weighted by Crippen LogP contribution is -2.44. The molecule has 1 aliphatic carbocycles. The van der Waals surface area contributed by atoms with Gasteiger partial charge in [0.2, 0.25) is 0 Å². The Morgan fingerprint density at radius 1 is 1.36 bits per heavy atom. The van der Waals surface area contributed by atoms with Gasteiger partial charge in [-0.2, -0.15) is 5.10 Å². The first-order chi connectivity index (χ1) is 10.7. The SMILES string of the molecule is COCC(NC1CCC2(CCNCC2)CC1)c1ccnn1C. The summed E-state index contributed by atoms with van der Waals surface area (Å²) in [6.07, 6.45) is 9.92. The first kappa shape index (κ1) is 16.0. The first-order valence-electron chi connectivity index (χ1n) is 8.66. The molecular weight excluding hydrogens is 276 g/mol. The minimum atomic E-state index is 0.240. The van der Waals surface area contributed by atoms with Crippen molar-refractivity contribution in [3.63, 3.8) is 0 Å². The van der Waals surface area contributed by atoms with Crippen molar-refractivity contribution in [2.24, 2.45) is 12.5 Å². The van der Waals surface area contributed by atoms with Crippen LogP contribution in [-0.2, 0) is 11.8 Å². The van der Waals surface area contributed by atoms with Gasteiger partial charge in [0.25, 0.3) is 0 Å². The van der Waals surface area contributed by atoms with E-state index in [9.17, 15) is 0 Å². The maximum Gasteiger partial charge on any atom is 0.0731 e. The maximum absolute atomic E-state index is 5.42. The molecule has 0 radical (unpaired) electrons. The lowest BCUT2D eigenvalue weighted by Gasteiger charge is -2.44. The van der Waals surface area contributed by atoms with Gasteiger partial charge in [0.15, 0.2) is 0 Å². The summed E-state index contributed by atoms with van der Waals surface area (Å²) in [5.41, 5.74) is 1.84. The van der Waals surface area contributed by atoms with Gasteiger partial charge in [0, 0.05) is 26.4 Å². The van der Waals surface area contributed by atoms with Gasteiger partial charge in [-0.25, -0.2) is 0 Å². The molecule has 2 heterocycles. The number of hydrogen-bond donors (Lipinski definition) is 2. The van der Waals surface area contributed by atoms with Crippen LogP contribution in [0.2, 0.25) is 0 Å². The fourth-order valence-corrected chi connectivity index (χ4v) is 4.25. The van der Waals surface area contributed by atoms with Gasteiger partial charge in [0.05, 0.1) is 18.3 Å². The number of methoxy groups -OCH3 is 1. The molecule has 1 aromatic heterocycles. The number of aromatic nitrogens is 2. The standard InChI is InChI=1S/C17H30N4O/c1-21-16(5-10-19-21)15(13-22-2)20-14-3-6-17(7-4-14)8-11-18-12-9-17/h5,10,14-15,18,20H,3-4,6-9,11-13H2,1-2H3. The highest BCUT2D eigenvalue weighted by molar-refractivity contribution is 5.07. The molecule has 2 fully saturated rings. The fourth-order valence-electron chi connectivity index (χ4n) is 4.25. The van der Waals surface area contributed by atoms with Crippen molar-refractivity contribution >= 4 is 0 Å². The van der Waals surface area contributed by atoms with Gasteiger partial charge >= 0.3 is 0 Å². The fraction of sp³-hybridized carbons (Fsp3) is 0.824. The van der Waals surface area contributed by atoms with E-state index >= 15 is 0 Å². The molecule has 1 atom stereocenters. The Morgan fingerprint density at radius 3 is 2.68 bits per heavy atom. The average Bonchev–Trinajstić information content (AvgIpc) is 2.96. The van der Waals surface area contributed by atoms with Crippen LogP contribution in [-0.4, -0.2) is 42.6 Å². The Kier molecular flexibility index (Phi) is 5.16. The third-order valence-electron chi connectivity index (χ3n) is 5.70. The van der Waals surface area contributed by atoms with E-state index in [0.717, 1.165) is 0 Å². The van der Waals surface area contributed by atoms with Crippen LogP contribution < -0.4 is 10.6 Å². The number of rotatable bonds is 5. The first-order valence-corrected chi connectivity index (χ1v) is 8.66. The number of piperidine rings is 1. The Morgan fingerprint density at radius 2 is 2.09 bits per heavy atom. The second-order valence-electron chi connectivity index (χ2n) is 7.08. The summed E-state index contributed by atoms with van der Waals surface area (Å²) in [5, 5.41) is 11.6. The zero-order chi connectivity index (χ0) is 15.4. The van der Waals surface area contributed by atoms with E-state index in [1.807, 2.05) is 17.9 Å². The molecule has 1 spiro atoms. The van der Waals surface area contributed by atoms with Gasteiger partial charge in [-0.15, -0.1) is 0 Å². The highest BCUT2D eigenvalue weighted by atomic mass is 16.5. The predicted octanol–water partition coefficient (Wildman–Crippen LogP) is 2.01. The molecule has 2 aliphatic rings. The Labute approximate surface area is 133 Å². The topological polar surface area (TPSA) is 51.1 Å². The number of ether oxygens (including phenoxy) is 1. The van der Waals surface area contributed by atoms with E-state index in [-0.39, 0.29) is 6.04 Å². The van der Waals surface area contributed by atoms with E-state index in [4.69, 9.17) is 4.74 Å². The van der Waals surface area contributed by atoms with Gasteiger partial charge in [0.1, 0.15) is 0 Å². The van der Waals surface area contributed by atoms with Gasteiger partial charge in [-0.1, -0.05) is 0 Å². The molecule has 1 saturated carbocycles. The molecular formula is C17H30N4O. The molecule has 1 aromatic rings. The summed E-state index contributed by atoms with van der Waals surface area (Å²) in [7, 11) is 3.78. The molecule has 124 valence electrons. The molecule has 1 unspecified atom stereocenters. The largest absolute Gasteiger partial charge is 0.383 e. The Hall–Kier alpha value is -0.910. The molecule has 2 N–H and O–H groups in total. The summed E-state index contributed by atoms with van der Waals surface area (Å²) >= 11 is 0. The maximum atomic E-state index is 5.42. The minimum absolute atomic E-state index is 0.240. The average molecular weight is 306 g/mol. The van der Waals surface area contributed by atoms with E-state index in [0.29, 0.717) is 18.1 Å². The number of nitrogens with one attached hydrogen (secondary N) is 2.